The predicted octanol–water partition coefficient (Wildman–Crippen LogP) is 1.43. The summed E-state index contributed by atoms with van der Waals surface area (Å²) in [5.41, 5.74) is 2.25. The van der Waals surface area contributed by atoms with Crippen LogP contribution in [0.5, 0.6) is 0 Å². The Morgan fingerprint density at radius 2 is 0.960 bits per heavy atom. The molecule has 138 valence electrons. The van der Waals surface area contributed by atoms with Crippen LogP contribution in [0.15, 0.2) is 60.7 Å². The lowest BCUT2D eigenvalue weighted by atomic mass is 10.3. The van der Waals surface area contributed by atoms with Gasteiger partial charge in [-0.1, -0.05) is 36.4 Å². The largest absolute Gasteiger partial charge is 0.395 e. The van der Waals surface area contributed by atoms with Crippen LogP contribution in [0.3, 0.4) is 0 Å². The highest BCUT2D eigenvalue weighted by molar-refractivity contribution is 5.47. The Bertz CT molecular complexity index is 472. The lowest BCUT2D eigenvalue weighted by molar-refractivity contribution is 0.136. The zero-order valence-electron chi connectivity index (χ0n) is 14.5. The van der Waals surface area contributed by atoms with Crippen molar-refractivity contribution in [3.05, 3.63) is 60.7 Å². The van der Waals surface area contributed by atoms with Gasteiger partial charge in [0.1, 0.15) is 0 Å². The van der Waals surface area contributed by atoms with Crippen LogP contribution in [0.25, 0.3) is 0 Å². The van der Waals surface area contributed by atoms with E-state index in [2.05, 4.69) is 10.6 Å². The number of benzene rings is 2. The van der Waals surface area contributed by atoms with Crippen molar-refractivity contribution in [1.29, 1.82) is 0 Å². The Morgan fingerprint density at radius 3 is 1.28 bits per heavy atom. The normalized spacial score (nSPS) is 10.1. The Kier molecular flexibility index (Phi) is 11.9. The van der Waals surface area contributed by atoms with Crippen LogP contribution in [0.2, 0.25) is 0 Å². The first kappa shape index (κ1) is 20.9. The fourth-order valence-electron chi connectivity index (χ4n) is 2.12. The summed E-state index contributed by atoms with van der Waals surface area (Å²) < 4.78 is 0. The lowest BCUT2D eigenvalue weighted by Crippen LogP contribution is -2.32. The van der Waals surface area contributed by atoms with Gasteiger partial charge < -0.3 is 26.0 Å². The number of aliphatic hydroxyl groups is 3. The van der Waals surface area contributed by atoms with E-state index in [4.69, 9.17) is 15.3 Å². The second-order valence-corrected chi connectivity index (χ2v) is 5.27. The summed E-state index contributed by atoms with van der Waals surface area (Å²) in [7, 11) is 0. The summed E-state index contributed by atoms with van der Waals surface area (Å²) in [6.45, 7) is 2.48. The molecule has 2 aromatic carbocycles. The van der Waals surface area contributed by atoms with E-state index in [1.165, 1.54) is 0 Å². The molecule has 25 heavy (non-hydrogen) atoms. The van der Waals surface area contributed by atoms with Crippen LogP contribution < -0.4 is 10.6 Å². The summed E-state index contributed by atoms with van der Waals surface area (Å²) >= 11 is 0. The van der Waals surface area contributed by atoms with E-state index >= 15 is 0 Å². The third kappa shape index (κ3) is 10.4. The molecule has 6 heteroatoms. The van der Waals surface area contributed by atoms with E-state index in [0.29, 0.717) is 19.6 Å². The van der Waals surface area contributed by atoms with Crippen molar-refractivity contribution < 1.29 is 15.3 Å². The molecule has 0 aliphatic heterocycles. The third-order valence-electron chi connectivity index (χ3n) is 3.38. The number of aliphatic hydroxyl groups excluding tert-OH is 3. The van der Waals surface area contributed by atoms with Crippen LogP contribution in [-0.4, -0.2) is 66.3 Å². The lowest BCUT2D eigenvalue weighted by Gasteiger charge is -2.17. The molecule has 0 heterocycles. The molecule has 0 fully saturated rings. The maximum atomic E-state index is 8.48. The molecular formula is C19H29N3O3. The summed E-state index contributed by atoms with van der Waals surface area (Å²) in [4.78, 5) is 1.79. The smallest absolute Gasteiger partial charge is 0.0849 e. The minimum atomic E-state index is 0.0694. The summed E-state index contributed by atoms with van der Waals surface area (Å²) in [6, 6.07) is 20.3. The molecule has 2 rings (SSSR count). The minimum absolute atomic E-state index is 0.0694. The fourth-order valence-corrected chi connectivity index (χ4v) is 2.12. The van der Waals surface area contributed by atoms with Gasteiger partial charge in [0, 0.05) is 31.0 Å². The van der Waals surface area contributed by atoms with Crippen molar-refractivity contribution in [3.63, 3.8) is 0 Å². The van der Waals surface area contributed by atoms with Crippen molar-refractivity contribution in [2.24, 2.45) is 0 Å². The number of anilines is 2. The van der Waals surface area contributed by atoms with Gasteiger partial charge >= 0.3 is 0 Å². The molecule has 0 unspecified atom stereocenters. The van der Waals surface area contributed by atoms with Crippen LogP contribution >= 0.6 is 0 Å². The average molecular weight is 347 g/mol. The maximum Gasteiger partial charge on any atom is 0.0849 e. The molecule has 0 radical (unpaired) electrons. The van der Waals surface area contributed by atoms with Gasteiger partial charge in [0.05, 0.1) is 26.5 Å². The Labute approximate surface area is 149 Å². The Morgan fingerprint density at radius 1 is 0.600 bits per heavy atom. The molecule has 0 saturated heterocycles. The topological polar surface area (TPSA) is 88.0 Å². The Balaban J connectivity index is 0.000000275. The maximum absolute atomic E-state index is 8.48. The summed E-state index contributed by atoms with van der Waals surface area (Å²) in [5.74, 6) is 0. The number of nitrogens with one attached hydrogen (secondary N) is 2. The number of hydrogen-bond donors (Lipinski definition) is 5. The van der Waals surface area contributed by atoms with Crippen molar-refractivity contribution in [3.8, 4) is 0 Å². The Hall–Kier alpha value is -2.12. The standard InChI is InChI=1S/C13H14N2.C6H15NO3/c1-3-7-12(8-4-1)14-11-15-13-9-5-2-6-10-13;8-4-1-7(2-5-9)3-6-10/h1-10,14-15H,11H2;8-10H,1-6H2. The van der Waals surface area contributed by atoms with Gasteiger partial charge in [-0.25, -0.2) is 0 Å². The molecule has 0 bridgehead atoms. The van der Waals surface area contributed by atoms with Crippen LogP contribution in [0, 0.1) is 0 Å². The third-order valence-corrected chi connectivity index (χ3v) is 3.38. The van der Waals surface area contributed by atoms with Crippen LogP contribution in [0.1, 0.15) is 0 Å². The molecule has 0 aromatic heterocycles. The molecular weight excluding hydrogens is 318 g/mol. The van der Waals surface area contributed by atoms with Gasteiger partial charge in [0.15, 0.2) is 0 Å². The second-order valence-electron chi connectivity index (χ2n) is 5.27. The van der Waals surface area contributed by atoms with E-state index in [-0.39, 0.29) is 19.8 Å². The number of hydrogen-bond acceptors (Lipinski definition) is 6. The molecule has 0 aliphatic rings. The molecule has 0 atom stereocenters. The van der Waals surface area contributed by atoms with E-state index in [0.717, 1.165) is 18.0 Å². The number of nitrogens with zero attached hydrogens (tertiary/aromatic N) is 1. The minimum Gasteiger partial charge on any atom is -0.395 e. The summed E-state index contributed by atoms with van der Waals surface area (Å²) in [6.07, 6.45) is 0. The molecule has 6 nitrogen and oxygen atoms in total. The van der Waals surface area contributed by atoms with Crippen molar-refractivity contribution in [2.75, 3.05) is 56.8 Å². The van der Waals surface area contributed by atoms with Gasteiger partial charge in [0.2, 0.25) is 0 Å². The zero-order chi connectivity index (χ0) is 18.2. The van der Waals surface area contributed by atoms with Gasteiger partial charge in [0.25, 0.3) is 0 Å². The number of para-hydroxylation sites is 2. The van der Waals surface area contributed by atoms with E-state index in [1.807, 2.05) is 60.7 Å². The molecule has 0 aliphatic carbocycles. The van der Waals surface area contributed by atoms with E-state index < -0.39 is 0 Å². The first-order valence-electron chi connectivity index (χ1n) is 8.43. The van der Waals surface area contributed by atoms with Crippen molar-refractivity contribution in [1.82, 2.24) is 4.90 Å². The molecule has 0 amide bonds. The highest BCUT2D eigenvalue weighted by Gasteiger charge is 2.00. The fraction of sp³-hybridized carbons (Fsp3) is 0.368. The molecule has 0 saturated carbocycles. The molecule has 5 N–H and O–H groups in total. The average Bonchev–Trinajstić information content (AvgIpc) is 2.65. The van der Waals surface area contributed by atoms with Crippen molar-refractivity contribution >= 4 is 11.4 Å². The summed E-state index contributed by atoms with van der Waals surface area (Å²) in [5, 5.41) is 32.0. The van der Waals surface area contributed by atoms with Gasteiger partial charge in [-0.3, -0.25) is 4.90 Å². The number of rotatable bonds is 10. The SMILES string of the molecule is OCCN(CCO)CCO.c1ccc(NCNc2ccccc2)cc1. The quantitative estimate of drug-likeness (QED) is 0.418. The molecule has 2 aromatic rings. The first-order chi connectivity index (χ1) is 12.3. The van der Waals surface area contributed by atoms with Crippen LogP contribution in [-0.2, 0) is 0 Å². The van der Waals surface area contributed by atoms with Crippen LogP contribution in [0.4, 0.5) is 11.4 Å². The second kappa shape index (κ2) is 14.2. The highest BCUT2D eigenvalue weighted by atomic mass is 16.3. The van der Waals surface area contributed by atoms with E-state index in [1.54, 1.807) is 4.90 Å². The van der Waals surface area contributed by atoms with Crippen molar-refractivity contribution in [2.45, 2.75) is 0 Å². The predicted molar refractivity (Wildman–Crippen MR) is 103 cm³/mol. The van der Waals surface area contributed by atoms with Gasteiger partial charge in [-0.15, -0.1) is 0 Å². The first-order valence-corrected chi connectivity index (χ1v) is 8.43. The zero-order valence-corrected chi connectivity index (χ0v) is 14.5. The molecule has 0 spiro atoms. The van der Waals surface area contributed by atoms with Gasteiger partial charge in [-0.2, -0.15) is 0 Å². The van der Waals surface area contributed by atoms with E-state index in [9.17, 15) is 0 Å². The van der Waals surface area contributed by atoms with Gasteiger partial charge in [-0.05, 0) is 24.3 Å². The highest BCUT2D eigenvalue weighted by Crippen LogP contribution is 2.06. The monoisotopic (exact) mass is 347 g/mol.